The molecule has 7 nitrogen and oxygen atoms in total. The summed E-state index contributed by atoms with van der Waals surface area (Å²) in [7, 11) is 1.56. The van der Waals surface area contributed by atoms with E-state index in [2.05, 4.69) is 5.32 Å². The van der Waals surface area contributed by atoms with Crippen LogP contribution in [0.4, 0.5) is 10.1 Å². The number of halogens is 1. The number of aryl methyl sites for hydroxylation is 1. The van der Waals surface area contributed by atoms with Crippen molar-refractivity contribution in [2.45, 2.75) is 17.5 Å². The van der Waals surface area contributed by atoms with Crippen molar-refractivity contribution in [3.8, 4) is 0 Å². The number of aromatic nitrogens is 1. The number of pyridine rings is 1. The van der Waals surface area contributed by atoms with Crippen LogP contribution in [0.3, 0.4) is 0 Å². The van der Waals surface area contributed by atoms with Gasteiger partial charge in [0.05, 0.1) is 24.5 Å². The molecule has 0 spiro atoms. The van der Waals surface area contributed by atoms with Gasteiger partial charge in [-0.25, -0.2) is 4.39 Å². The fraction of sp³-hybridized carbons (Fsp3) is 0.333. The third kappa shape index (κ3) is 4.00. The van der Waals surface area contributed by atoms with Gasteiger partial charge >= 0.3 is 0 Å². The number of thioether (sulfide) groups is 1. The highest BCUT2D eigenvalue weighted by atomic mass is 32.2. The van der Waals surface area contributed by atoms with Gasteiger partial charge in [0.2, 0.25) is 0 Å². The summed E-state index contributed by atoms with van der Waals surface area (Å²) < 4.78 is 15.7. The van der Waals surface area contributed by atoms with Crippen molar-refractivity contribution in [1.29, 1.82) is 0 Å². The number of amides is 1. The van der Waals surface area contributed by atoms with Crippen molar-refractivity contribution in [1.82, 2.24) is 9.63 Å². The molecular weight excluding hydrogens is 373 g/mol. The molecule has 0 bridgehead atoms. The molecule has 1 aliphatic rings. The number of aliphatic hydroxyl groups is 1. The first-order valence-corrected chi connectivity index (χ1v) is 9.54. The number of hydrogen-bond donors (Lipinski definition) is 2. The summed E-state index contributed by atoms with van der Waals surface area (Å²) in [6.07, 6.45) is 2.84. The van der Waals surface area contributed by atoms with Crippen LogP contribution in [0, 0.1) is 5.82 Å². The van der Waals surface area contributed by atoms with Gasteiger partial charge < -0.3 is 15.0 Å². The third-order valence-corrected chi connectivity index (χ3v) is 4.99. The van der Waals surface area contributed by atoms with Crippen molar-refractivity contribution >= 4 is 23.4 Å². The SMILES string of the molecule is CSc1ccc(NC2Cc3cc(=O)n(C)cc3C(=O)N2OCCO)c(F)c1. The summed E-state index contributed by atoms with van der Waals surface area (Å²) in [5.41, 5.74) is 0.882. The van der Waals surface area contributed by atoms with E-state index in [0.717, 1.165) is 9.96 Å². The molecule has 2 aromatic rings. The van der Waals surface area contributed by atoms with Crippen LogP contribution >= 0.6 is 11.8 Å². The van der Waals surface area contributed by atoms with Crippen molar-refractivity contribution in [3.63, 3.8) is 0 Å². The molecule has 1 aliphatic heterocycles. The predicted molar refractivity (Wildman–Crippen MR) is 100 cm³/mol. The molecule has 144 valence electrons. The Balaban J connectivity index is 1.95. The number of nitrogens with one attached hydrogen (secondary N) is 1. The Hall–Kier alpha value is -2.36. The molecule has 1 unspecified atom stereocenters. The molecule has 0 fully saturated rings. The van der Waals surface area contributed by atoms with E-state index in [0.29, 0.717) is 11.1 Å². The summed E-state index contributed by atoms with van der Waals surface area (Å²) >= 11 is 1.42. The van der Waals surface area contributed by atoms with Gasteiger partial charge in [0.25, 0.3) is 11.5 Å². The zero-order valence-corrected chi connectivity index (χ0v) is 15.8. The van der Waals surface area contributed by atoms with E-state index in [-0.39, 0.29) is 30.9 Å². The number of carbonyl (C=O) groups is 1. The number of hydrogen-bond acceptors (Lipinski definition) is 6. The van der Waals surface area contributed by atoms with Crippen LogP contribution in [0.2, 0.25) is 0 Å². The average Bonchev–Trinajstić information content (AvgIpc) is 2.65. The maximum atomic E-state index is 14.4. The largest absolute Gasteiger partial charge is 0.394 e. The summed E-state index contributed by atoms with van der Waals surface area (Å²) in [6.45, 7) is -0.355. The summed E-state index contributed by atoms with van der Waals surface area (Å²) in [4.78, 5) is 30.9. The molecule has 27 heavy (non-hydrogen) atoms. The van der Waals surface area contributed by atoms with E-state index >= 15 is 0 Å². The molecule has 3 rings (SSSR count). The second kappa shape index (κ2) is 8.12. The van der Waals surface area contributed by atoms with Gasteiger partial charge in [-0.15, -0.1) is 11.8 Å². The summed E-state index contributed by atoms with van der Waals surface area (Å²) in [5, 5.41) is 13.1. The average molecular weight is 393 g/mol. The number of benzene rings is 1. The smallest absolute Gasteiger partial charge is 0.281 e. The first-order chi connectivity index (χ1) is 12.9. The minimum Gasteiger partial charge on any atom is -0.394 e. The highest BCUT2D eigenvalue weighted by Gasteiger charge is 2.34. The topological polar surface area (TPSA) is 83.8 Å². The van der Waals surface area contributed by atoms with E-state index < -0.39 is 17.9 Å². The van der Waals surface area contributed by atoms with Crippen molar-refractivity contribution in [2.75, 3.05) is 24.8 Å². The first kappa shape index (κ1) is 19.4. The molecule has 0 saturated carbocycles. The lowest BCUT2D eigenvalue weighted by Crippen LogP contribution is -2.50. The molecule has 1 amide bonds. The fourth-order valence-corrected chi connectivity index (χ4v) is 3.32. The maximum Gasteiger partial charge on any atom is 0.281 e. The van der Waals surface area contributed by atoms with Crippen molar-refractivity contribution in [3.05, 3.63) is 57.8 Å². The molecule has 1 aromatic carbocycles. The zero-order valence-electron chi connectivity index (χ0n) is 14.9. The standard InChI is InChI=1S/C18H20FN3O4S/c1-21-10-13-11(8-17(21)24)7-16(22(18(13)25)26-6-5-23)20-15-4-3-12(27-2)9-14(15)19/h3-4,8-10,16,20,23H,5-7H2,1-2H3. The predicted octanol–water partition coefficient (Wildman–Crippen LogP) is 1.61. The van der Waals surface area contributed by atoms with Gasteiger partial charge in [0.1, 0.15) is 12.0 Å². The lowest BCUT2D eigenvalue weighted by atomic mass is 10.00. The minimum absolute atomic E-state index is 0.0844. The number of nitrogens with zero attached hydrogens (tertiary/aromatic N) is 2. The Morgan fingerprint density at radius 2 is 2.15 bits per heavy atom. The fourth-order valence-electron chi connectivity index (χ4n) is 2.90. The molecule has 9 heteroatoms. The van der Waals surface area contributed by atoms with Crippen LogP contribution in [0.15, 0.2) is 40.2 Å². The zero-order chi connectivity index (χ0) is 19.6. The summed E-state index contributed by atoms with van der Waals surface area (Å²) in [5.74, 6) is -0.912. The highest BCUT2D eigenvalue weighted by Crippen LogP contribution is 2.27. The summed E-state index contributed by atoms with van der Waals surface area (Å²) in [6, 6.07) is 6.16. The Morgan fingerprint density at radius 1 is 1.37 bits per heavy atom. The van der Waals surface area contributed by atoms with Crippen LogP contribution in [0.1, 0.15) is 15.9 Å². The van der Waals surface area contributed by atoms with Crippen LogP contribution in [0.5, 0.6) is 0 Å². The van der Waals surface area contributed by atoms with Crippen LogP contribution in [0.25, 0.3) is 0 Å². The van der Waals surface area contributed by atoms with Crippen LogP contribution in [-0.2, 0) is 18.3 Å². The number of fused-ring (bicyclic) bond motifs is 1. The van der Waals surface area contributed by atoms with Gasteiger partial charge in [-0.1, -0.05) is 0 Å². The molecule has 0 saturated heterocycles. The quantitative estimate of drug-likeness (QED) is 0.726. The number of aliphatic hydroxyl groups excluding tert-OH is 1. The lowest BCUT2D eigenvalue weighted by molar-refractivity contribution is -0.152. The second-order valence-electron chi connectivity index (χ2n) is 6.06. The minimum atomic E-state index is -0.724. The number of rotatable bonds is 6. The number of carbonyl (C=O) groups excluding carboxylic acids is 1. The lowest BCUT2D eigenvalue weighted by Gasteiger charge is -2.36. The van der Waals surface area contributed by atoms with Crippen LogP contribution < -0.4 is 10.9 Å². The number of anilines is 1. The van der Waals surface area contributed by atoms with Gasteiger partial charge in [-0.3, -0.25) is 14.4 Å². The van der Waals surface area contributed by atoms with E-state index in [1.165, 1.54) is 34.7 Å². The molecule has 2 heterocycles. The van der Waals surface area contributed by atoms with E-state index in [4.69, 9.17) is 9.94 Å². The van der Waals surface area contributed by atoms with E-state index in [1.54, 1.807) is 19.2 Å². The third-order valence-electron chi connectivity index (χ3n) is 4.26. The molecule has 0 radical (unpaired) electrons. The monoisotopic (exact) mass is 393 g/mol. The van der Waals surface area contributed by atoms with Crippen molar-refractivity contribution in [2.24, 2.45) is 7.05 Å². The van der Waals surface area contributed by atoms with Gasteiger partial charge in [0.15, 0.2) is 0 Å². The Morgan fingerprint density at radius 3 is 2.81 bits per heavy atom. The van der Waals surface area contributed by atoms with E-state index in [1.807, 2.05) is 6.26 Å². The molecule has 2 N–H and O–H groups in total. The maximum absolute atomic E-state index is 14.4. The normalized spacial score (nSPS) is 16.4. The van der Waals surface area contributed by atoms with Gasteiger partial charge in [0, 0.05) is 30.6 Å². The van der Waals surface area contributed by atoms with Gasteiger partial charge in [-0.05, 0) is 30.0 Å². The second-order valence-corrected chi connectivity index (χ2v) is 6.94. The van der Waals surface area contributed by atoms with Crippen LogP contribution in [-0.4, -0.2) is 46.3 Å². The van der Waals surface area contributed by atoms with E-state index in [9.17, 15) is 14.0 Å². The Kier molecular flexibility index (Phi) is 5.83. The van der Waals surface area contributed by atoms with Gasteiger partial charge in [-0.2, -0.15) is 5.06 Å². The first-order valence-electron chi connectivity index (χ1n) is 8.31. The van der Waals surface area contributed by atoms with Crippen molar-refractivity contribution < 1.29 is 19.1 Å². The molecule has 1 aromatic heterocycles. The molecule has 0 aliphatic carbocycles. The molecule has 1 atom stereocenters. The number of hydroxylamine groups is 2. The highest BCUT2D eigenvalue weighted by molar-refractivity contribution is 7.98. The Bertz CT molecular complexity index is 918. The molecular formula is C18H20FN3O4S. The Labute approximate surface area is 159 Å².